The molecular formula is C6H16O2SSi. The molecule has 62 valence electrons. The Kier molecular flexibility index (Phi) is 5.43. The summed E-state index contributed by atoms with van der Waals surface area (Å²) in [6.07, 6.45) is 2.30. The van der Waals surface area contributed by atoms with E-state index in [1.807, 2.05) is 0 Å². The fourth-order valence-corrected chi connectivity index (χ4v) is 2.54. The van der Waals surface area contributed by atoms with Crippen molar-refractivity contribution < 1.29 is 8.85 Å². The molecule has 0 radical (unpaired) electrons. The zero-order valence-electron chi connectivity index (χ0n) is 6.89. The van der Waals surface area contributed by atoms with Crippen molar-refractivity contribution in [1.82, 2.24) is 0 Å². The molecule has 0 saturated carbocycles. The third kappa shape index (κ3) is 3.61. The lowest BCUT2D eigenvalue weighted by Gasteiger charge is -2.20. The number of rotatable bonds is 5. The van der Waals surface area contributed by atoms with Crippen molar-refractivity contribution in [2.75, 3.05) is 14.2 Å². The van der Waals surface area contributed by atoms with Gasteiger partial charge in [-0.2, -0.15) is 0 Å². The molecule has 0 aliphatic heterocycles. The van der Waals surface area contributed by atoms with Crippen molar-refractivity contribution in [2.24, 2.45) is 0 Å². The lowest BCUT2D eigenvalue weighted by atomic mass is 10.4. The van der Waals surface area contributed by atoms with E-state index in [0.29, 0.717) is 0 Å². The van der Waals surface area contributed by atoms with Gasteiger partial charge in [0.1, 0.15) is 0 Å². The van der Waals surface area contributed by atoms with Crippen LogP contribution in [0.4, 0.5) is 0 Å². The van der Waals surface area contributed by atoms with Gasteiger partial charge in [0.05, 0.1) is 0 Å². The molecule has 0 rings (SSSR count). The van der Waals surface area contributed by atoms with Crippen LogP contribution < -0.4 is 0 Å². The van der Waals surface area contributed by atoms with Crippen LogP contribution in [0.1, 0.15) is 19.8 Å². The Bertz CT molecular complexity index is 85.8. The van der Waals surface area contributed by atoms with Crippen molar-refractivity contribution in [2.45, 2.75) is 25.8 Å². The van der Waals surface area contributed by atoms with Gasteiger partial charge in [-0.25, -0.2) is 0 Å². The molecule has 0 unspecified atom stereocenters. The molecular weight excluding hydrogens is 164 g/mol. The maximum Gasteiger partial charge on any atom is 0.402 e. The minimum atomic E-state index is -2.02. The summed E-state index contributed by atoms with van der Waals surface area (Å²) in [5, 5.41) is 0. The molecule has 0 saturated heterocycles. The topological polar surface area (TPSA) is 18.5 Å². The molecule has 0 atom stereocenters. The molecule has 4 heteroatoms. The largest absolute Gasteiger partial charge is 0.402 e. The van der Waals surface area contributed by atoms with E-state index in [0.717, 1.165) is 12.5 Å². The average molecular weight is 180 g/mol. The van der Waals surface area contributed by atoms with Gasteiger partial charge in [-0.15, -0.1) is 12.1 Å². The monoisotopic (exact) mass is 180 g/mol. The second-order valence-electron chi connectivity index (χ2n) is 2.22. The Hall–Kier alpha value is 0.487. The first kappa shape index (κ1) is 10.5. The molecule has 0 aliphatic carbocycles. The maximum atomic E-state index is 5.17. The predicted octanol–water partition coefficient (Wildman–Crippen LogP) is 1.95. The fourth-order valence-electron chi connectivity index (χ4n) is 0.688. The van der Waals surface area contributed by atoms with E-state index in [1.54, 1.807) is 14.2 Å². The Labute approximate surface area is 69.2 Å². The predicted molar refractivity (Wildman–Crippen MR) is 48.5 cm³/mol. The third-order valence-corrected chi connectivity index (χ3v) is 5.51. The second-order valence-corrected chi connectivity index (χ2v) is 7.01. The van der Waals surface area contributed by atoms with E-state index in [2.05, 4.69) is 19.0 Å². The molecule has 10 heavy (non-hydrogen) atoms. The van der Waals surface area contributed by atoms with Crippen LogP contribution in [0.3, 0.4) is 0 Å². The highest BCUT2D eigenvalue weighted by atomic mass is 32.3. The molecule has 0 aromatic rings. The summed E-state index contributed by atoms with van der Waals surface area (Å²) >= 11 is 4.35. The van der Waals surface area contributed by atoms with Crippen LogP contribution in [0.5, 0.6) is 0 Å². The van der Waals surface area contributed by atoms with Crippen molar-refractivity contribution >= 4 is 19.8 Å². The van der Waals surface area contributed by atoms with Gasteiger partial charge in [0.2, 0.25) is 0 Å². The normalized spacial score (nSPS) is 12.0. The van der Waals surface area contributed by atoms with Crippen molar-refractivity contribution in [3.8, 4) is 0 Å². The van der Waals surface area contributed by atoms with Crippen LogP contribution in [-0.4, -0.2) is 21.9 Å². The smallest absolute Gasteiger partial charge is 0.390 e. The first-order chi connectivity index (χ1) is 4.68. The van der Waals surface area contributed by atoms with Crippen molar-refractivity contribution in [3.63, 3.8) is 0 Å². The van der Waals surface area contributed by atoms with Crippen LogP contribution in [0.25, 0.3) is 0 Å². The quantitative estimate of drug-likeness (QED) is 0.515. The molecule has 0 aromatic carbocycles. The number of hydrogen-bond donors (Lipinski definition) is 1. The van der Waals surface area contributed by atoms with Crippen molar-refractivity contribution in [3.05, 3.63) is 0 Å². The maximum absolute atomic E-state index is 5.17. The van der Waals surface area contributed by atoms with E-state index in [1.165, 1.54) is 6.42 Å². The zero-order chi connectivity index (χ0) is 8.04. The van der Waals surface area contributed by atoms with Crippen molar-refractivity contribution in [1.29, 1.82) is 0 Å². The van der Waals surface area contributed by atoms with Crippen LogP contribution in [0.15, 0.2) is 0 Å². The van der Waals surface area contributed by atoms with Gasteiger partial charge < -0.3 is 8.85 Å². The van der Waals surface area contributed by atoms with E-state index < -0.39 is 7.71 Å². The standard InChI is InChI=1S/C6H16O2SSi/c1-4-5-6-10(9,7-2)8-3/h9H,4-6H2,1-3H3. The van der Waals surface area contributed by atoms with E-state index in [9.17, 15) is 0 Å². The fraction of sp³-hybridized carbons (Fsp3) is 1.00. The summed E-state index contributed by atoms with van der Waals surface area (Å²) in [5.74, 6) is 0. The van der Waals surface area contributed by atoms with Gasteiger partial charge in [-0.05, 0) is 0 Å². The highest BCUT2D eigenvalue weighted by Crippen LogP contribution is 2.18. The van der Waals surface area contributed by atoms with Gasteiger partial charge in [-0.1, -0.05) is 19.8 Å². The molecule has 2 nitrogen and oxygen atoms in total. The first-order valence-electron chi connectivity index (χ1n) is 3.51. The molecule has 0 fully saturated rings. The first-order valence-corrected chi connectivity index (χ1v) is 6.82. The van der Waals surface area contributed by atoms with E-state index in [-0.39, 0.29) is 0 Å². The summed E-state index contributed by atoms with van der Waals surface area (Å²) < 4.78 is 10.3. The summed E-state index contributed by atoms with van der Waals surface area (Å²) in [5.41, 5.74) is 0. The summed E-state index contributed by atoms with van der Waals surface area (Å²) in [6, 6.07) is 0.972. The van der Waals surface area contributed by atoms with Gasteiger partial charge in [-0.3, -0.25) is 0 Å². The third-order valence-electron chi connectivity index (χ3n) is 1.48. The SMILES string of the molecule is CCCC[Si](S)(OC)OC. The lowest BCUT2D eigenvalue weighted by molar-refractivity contribution is 0.267. The molecule has 0 aromatic heterocycles. The van der Waals surface area contributed by atoms with Gasteiger partial charge >= 0.3 is 7.71 Å². The van der Waals surface area contributed by atoms with Crippen LogP contribution >= 0.6 is 12.1 Å². The Morgan fingerprint density at radius 2 is 1.80 bits per heavy atom. The molecule has 0 aliphatic rings. The number of unbranched alkanes of at least 4 members (excludes halogenated alkanes) is 1. The second kappa shape index (κ2) is 5.18. The molecule has 0 bridgehead atoms. The van der Waals surface area contributed by atoms with Crippen LogP contribution in [-0.2, 0) is 8.85 Å². The minimum absolute atomic E-state index is 0.972. The average Bonchev–Trinajstić information content (AvgIpc) is 2.00. The summed E-state index contributed by atoms with van der Waals surface area (Å²) in [7, 11) is 1.31. The molecule has 0 spiro atoms. The number of thiol groups is 1. The Balaban J connectivity index is 3.58. The number of hydrogen-bond acceptors (Lipinski definition) is 3. The minimum Gasteiger partial charge on any atom is -0.390 e. The lowest BCUT2D eigenvalue weighted by Crippen LogP contribution is -2.33. The van der Waals surface area contributed by atoms with Crippen LogP contribution in [0, 0.1) is 0 Å². The Morgan fingerprint density at radius 3 is 2.10 bits per heavy atom. The van der Waals surface area contributed by atoms with Gasteiger partial charge in [0.25, 0.3) is 0 Å². The zero-order valence-corrected chi connectivity index (χ0v) is 8.78. The summed E-state index contributed by atoms with van der Waals surface area (Å²) in [6.45, 7) is 2.15. The highest BCUT2D eigenvalue weighted by Gasteiger charge is 2.29. The molecule has 0 heterocycles. The highest BCUT2D eigenvalue weighted by molar-refractivity contribution is 8.12. The summed E-state index contributed by atoms with van der Waals surface area (Å²) in [4.78, 5) is 0. The van der Waals surface area contributed by atoms with E-state index in [4.69, 9.17) is 8.85 Å². The molecule has 0 amide bonds. The van der Waals surface area contributed by atoms with Crippen LogP contribution in [0.2, 0.25) is 6.04 Å². The van der Waals surface area contributed by atoms with Gasteiger partial charge in [0, 0.05) is 20.3 Å². The van der Waals surface area contributed by atoms with E-state index >= 15 is 0 Å². The van der Waals surface area contributed by atoms with Gasteiger partial charge in [0.15, 0.2) is 0 Å². The molecule has 0 N–H and O–H groups in total. The Morgan fingerprint density at radius 1 is 1.30 bits per heavy atom.